The van der Waals surface area contributed by atoms with E-state index < -0.39 is 24.2 Å². The van der Waals surface area contributed by atoms with Crippen LogP contribution in [0.1, 0.15) is 30.0 Å². The monoisotopic (exact) mass is 327 g/mol. The number of carbonyl (C=O) groups is 2. The van der Waals surface area contributed by atoms with Gasteiger partial charge in [-0.3, -0.25) is 9.59 Å². The third-order valence-corrected chi connectivity index (χ3v) is 4.33. The van der Waals surface area contributed by atoms with E-state index in [0.29, 0.717) is 37.1 Å². The van der Waals surface area contributed by atoms with Gasteiger partial charge in [-0.25, -0.2) is 0 Å². The molecular weight excluding hydrogens is 311 g/mol. The zero-order valence-corrected chi connectivity index (χ0v) is 12.2. The molecule has 1 aromatic rings. The lowest BCUT2D eigenvalue weighted by Crippen LogP contribution is -2.38. The molecule has 124 valence electrons. The van der Waals surface area contributed by atoms with Crippen molar-refractivity contribution in [2.24, 2.45) is 5.73 Å². The fourth-order valence-electron chi connectivity index (χ4n) is 3.12. The van der Waals surface area contributed by atoms with Crippen LogP contribution in [0.15, 0.2) is 18.2 Å². The molecule has 23 heavy (non-hydrogen) atoms. The smallest absolute Gasteiger partial charge is 0.341 e. The molecule has 0 bridgehead atoms. The predicted octanol–water partition coefficient (Wildman–Crippen LogP) is 1.42. The summed E-state index contributed by atoms with van der Waals surface area (Å²) in [6, 6.07) is 4.01. The number of amides is 2. The van der Waals surface area contributed by atoms with Crippen molar-refractivity contribution in [3.05, 3.63) is 29.3 Å². The summed E-state index contributed by atoms with van der Waals surface area (Å²) in [5.41, 5.74) is 7.91. The fourth-order valence-corrected chi connectivity index (χ4v) is 3.12. The largest absolute Gasteiger partial charge is 0.471 e. The van der Waals surface area contributed by atoms with E-state index >= 15 is 0 Å². The molecule has 1 unspecified atom stereocenters. The van der Waals surface area contributed by atoms with Crippen LogP contribution in [0.25, 0.3) is 0 Å². The molecule has 3 rings (SSSR count). The minimum absolute atomic E-state index is 0.148. The van der Waals surface area contributed by atoms with Crippen molar-refractivity contribution in [1.82, 2.24) is 5.32 Å². The molecule has 0 aromatic heterocycles. The van der Waals surface area contributed by atoms with Gasteiger partial charge in [0.05, 0.1) is 12.1 Å². The molecule has 1 aromatic carbocycles. The maximum atomic E-state index is 12.4. The van der Waals surface area contributed by atoms with Gasteiger partial charge >= 0.3 is 12.1 Å². The number of benzene rings is 1. The summed E-state index contributed by atoms with van der Waals surface area (Å²) in [5.74, 6) is -2.08. The standard InChI is InChI=1S/C15H16F3N3O2/c16-15(17,18)14(23)20-12-4-1-8-7-9(2-3-10(8)12)21-6-5-11(19)13(21)22/h2-3,7,11-12H,1,4-6,19H2,(H,20,23)/t11-,12?/m0/s1. The first-order chi connectivity index (χ1) is 10.8. The van der Waals surface area contributed by atoms with Crippen LogP contribution in [0.2, 0.25) is 0 Å². The highest BCUT2D eigenvalue weighted by molar-refractivity contribution is 5.99. The number of hydrogen-bond donors (Lipinski definition) is 2. The Morgan fingerprint density at radius 3 is 2.65 bits per heavy atom. The molecular formula is C15H16F3N3O2. The van der Waals surface area contributed by atoms with E-state index in [1.807, 2.05) is 5.32 Å². The summed E-state index contributed by atoms with van der Waals surface area (Å²) in [7, 11) is 0. The van der Waals surface area contributed by atoms with Crippen LogP contribution in [0, 0.1) is 0 Å². The predicted molar refractivity (Wildman–Crippen MR) is 76.6 cm³/mol. The zero-order chi connectivity index (χ0) is 16.8. The second-order valence-corrected chi connectivity index (χ2v) is 5.83. The van der Waals surface area contributed by atoms with Crippen molar-refractivity contribution < 1.29 is 22.8 Å². The molecule has 1 fully saturated rings. The number of rotatable bonds is 2. The Labute approximate surface area is 130 Å². The van der Waals surface area contributed by atoms with Crippen molar-refractivity contribution in [2.45, 2.75) is 37.5 Å². The van der Waals surface area contributed by atoms with E-state index in [1.54, 1.807) is 23.1 Å². The number of anilines is 1. The lowest BCUT2D eigenvalue weighted by molar-refractivity contribution is -0.174. The normalized spacial score (nSPS) is 24.0. The van der Waals surface area contributed by atoms with Gasteiger partial charge in [0.1, 0.15) is 0 Å². The molecule has 8 heteroatoms. The van der Waals surface area contributed by atoms with Crippen molar-refractivity contribution in [2.75, 3.05) is 11.4 Å². The molecule has 1 aliphatic carbocycles. The summed E-state index contributed by atoms with van der Waals surface area (Å²) in [4.78, 5) is 24.6. The van der Waals surface area contributed by atoms with Crippen molar-refractivity contribution in [3.63, 3.8) is 0 Å². The second kappa shape index (κ2) is 5.52. The van der Waals surface area contributed by atoms with Crippen LogP contribution in [0.3, 0.4) is 0 Å². The Hall–Kier alpha value is -2.09. The Morgan fingerprint density at radius 1 is 1.30 bits per heavy atom. The minimum atomic E-state index is -4.89. The van der Waals surface area contributed by atoms with Crippen LogP contribution in [0.5, 0.6) is 0 Å². The Bertz CT molecular complexity index is 660. The summed E-state index contributed by atoms with van der Waals surface area (Å²) < 4.78 is 37.1. The van der Waals surface area contributed by atoms with E-state index in [1.165, 1.54) is 0 Å². The Balaban J connectivity index is 1.78. The van der Waals surface area contributed by atoms with Gasteiger partial charge in [0.15, 0.2) is 0 Å². The highest BCUT2D eigenvalue weighted by Gasteiger charge is 2.41. The van der Waals surface area contributed by atoms with Crippen LogP contribution in [0.4, 0.5) is 18.9 Å². The summed E-state index contributed by atoms with van der Waals surface area (Å²) in [5, 5.41) is 2.02. The number of hydrogen-bond acceptors (Lipinski definition) is 3. The second-order valence-electron chi connectivity index (χ2n) is 5.83. The van der Waals surface area contributed by atoms with Gasteiger partial charge < -0.3 is 16.0 Å². The molecule has 2 aliphatic rings. The van der Waals surface area contributed by atoms with Gasteiger partial charge in [-0.1, -0.05) is 6.07 Å². The molecule has 0 radical (unpaired) electrons. The number of nitrogens with zero attached hydrogens (tertiary/aromatic N) is 1. The number of alkyl halides is 3. The average Bonchev–Trinajstić information content (AvgIpc) is 3.02. The molecule has 2 atom stereocenters. The number of nitrogens with two attached hydrogens (primary N) is 1. The number of aryl methyl sites for hydroxylation is 1. The SMILES string of the molecule is N[C@H]1CCN(c2ccc3c(c2)CCC3NC(=O)C(F)(F)F)C1=O. The van der Waals surface area contributed by atoms with E-state index in [0.717, 1.165) is 5.56 Å². The van der Waals surface area contributed by atoms with Crippen molar-refractivity contribution in [3.8, 4) is 0 Å². The zero-order valence-electron chi connectivity index (χ0n) is 12.2. The first kappa shape index (κ1) is 15.8. The average molecular weight is 327 g/mol. The van der Waals surface area contributed by atoms with E-state index in [2.05, 4.69) is 0 Å². The lowest BCUT2D eigenvalue weighted by atomic mass is 10.1. The molecule has 0 spiro atoms. The molecule has 1 aliphatic heterocycles. The molecule has 1 saturated heterocycles. The molecule has 5 nitrogen and oxygen atoms in total. The van der Waals surface area contributed by atoms with E-state index in [-0.39, 0.29) is 5.91 Å². The molecule has 1 heterocycles. The van der Waals surface area contributed by atoms with Crippen molar-refractivity contribution >= 4 is 17.5 Å². The highest BCUT2D eigenvalue weighted by atomic mass is 19.4. The number of halogens is 3. The Morgan fingerprint density at radius 2 is 2.04 bits per heavy atom. The minimum Gasteiger partial charge on any atom is -0.341 e. The lowest BCUT2D eigenvalue weighted by Gasteiger charge is -2.19. The highest BCUT2D eigenvalue weighted by Crippen LogP contribution is 2.35. The van der Waals surface area contributed by atoms with Crippen LogP contribution in [-0.4, -0.2) is 30.6 Å². The number of fused-ring (bicyclic) bond motifs is 1. The third kappa shape index (κ3) is 2.90. The number of carbonyl (C=O) groups excluding carboxylic acids is 2. The first-order valence-corrected chi connectivity index (χ1v) is 7.35. The maximum Gasteiger partial charge on any atom is 0.471 e. The molecule has 3 N–H and O–H groups in total. The quantitative estimate of drug-likeness (QED) is 0.862. The van der Waals surface area contributed by atoms with E-state index in [4.69, 9.17) is 5.73 Å². The molecule has 2 amide bonds. The summed E-state index contributed by atoms with van der Waals surface area (Å²) in [6.45, 7) is 0.535. The maximum absolute atomic E-state index is 12.4. The van der Waals surface area contributed by atoms with Crippen LogP contribution < -0.4 is 16.0 Å². The van der Waals surface area contributed by atoms with Gasteiger partial charge in [-0.15, -0.1) is 0 Å². The van der Waals surface area contributed by atoms with Crippen LogP contribution in [-0.2, 0) is 16.0 Å². The van der Waals surface area contributed by atoms with Gasteiger partial charge in [0, 0.05) is 12.2 Å². The van der Waals surface area contributed by atoms with Crippen LogP contribution >= 0.6 is 0 Å². The van der Waals surface area contributed by atoms with Gasteiger partial charge in [-0.2, -0.15) is 13.2 Å². The third-order valence-electron chi connectivity index (χ3n) is 4.33. The van der Waals surface area contributed by atoms with Gasteiger partial charge in [0.25, 0.3) is 0 Å². The first-order valence-electron chi connectivity index (χ1n) is 7.35. The van der Waals surface area contributed by atoms with Crippen molar-refractivity contribution in [1.29, 1.82) is 0 Å². The number of nitrogens with one attached hydrogen (secondary N) is 1. The fraction of sp³-hybridized carbons (Fsp3) is 0.467. The summed E-state index contributed by atoms with van der Waals surface area (Å²) >= 11 is 0. The topological polar surface area (TPSA) is 75.4 Å². The van der Waals surface area contributed by atoms with Gasteiger partial charge in [-0.05, 0) is 42.5 Å². The molecule has 0 saturated carbocycles. The Kier molecular flexibility index (Phi) is 3.79. The summed E-state index contributed by atoms with van der Waals surface area (Å²) in [6.07, 6.45) is -3.34. The van der Waals surface area contributed by atoms with Gasteiger partial charge in [0.2, 0.25) is 5.91 Å². The van der Waals surface area contributed by atoms with E-state index in [9.17, 15) is 22.8 Å².